The molecule has 0 fully saturated rings. The first-order chi connectivity index (χ1) is 11.0. The van der Waals surface area contributed by atoms with Gasteiger partial charge in [0.05, 0.1) is 5.92 Å². The summed E-state index contributed by atoms with van der Waals surface area (Å²) in [5.74, 6) is -0.276. The van der Waals surface area contributed by atoms with Gasteiger partial charge in [0.25, 0.3) is 0 Å². The van der Waals surface area contributed by atoms with Gasteiger partial charge in [0.1, 0.15) is 0 Å². The zero-order valence-electron chi connectivity index (χ0n) is 13.3. The summed E-state index contributed by atoms with van der Waals surface area (Å²) in [5.41, 5.74) is 3.57. The van der Waals surface area contributed by atoms with E-state index in [-0.39, 0.29) is 18.2 Å². The number of rotatable bonds is 3. The molecule has 118 valence electrons. The topological polar surface area (TPSA) is 58.2 Å². The van der Waals surface area contributed by atoms with E-state index in [1.807, 2.05) is 48.5 Å². The molecule has 0 bridgehead atoms. The molecular weight excluding hydrogens is 288 g/mol. The van der Waals surface area contributed by atoms with Crippen LogP contribution in [0, 0.1) is 0 Å². The van der Waals surface area contributed by atoms with Gasteiger partial charge in [-0.1, -0.05) is 44.2 Å². The number of nitrogens with one attached hydrogen (secondary N) is 2. The quantitative estimate of drug-likeness (QED) is 0.904. The van der Waals surface area contributed by atoms with Crippen LogP contribution in [0.5, 0.6) is 0 Å². The molecule has 0 aromatic heterocycles. The first kappa shape index (κ1) is 15.3. The lowest BCUT2D eigenvalue weighted by atomic mass is 9.89. The molecule has 3 rings (SSSR count). The van der Waals surface area contributed by atoms with Crippen molar-refractivity contribution in [2.24, 2.45) is 0 Å². The number of hydrogen-bond acceptors (Lipinski definition) is 2. The highest BCUT2D eigenvalue weighted by molar-refractivity contribution is 6.05. The molecule has 2 aromatic carbocycles. The van der Waals surface area contributed by atoms with Crippen molar-refractivity contribution in [2.75, 3.05) is 10.6 Å². The van der Waals surface area contributed by atoms with E-state index < -0.39 is 5.92 Å². The van der Waals surface area contributed by atoms with Crippen LogP contribution in [-0.2, 0) is 9.59 Å². The van der Waals surface area contributed by atoms with Crippen LogP contribution in [0.2, 0.25) is 0 Å². The fraction of sp³-hybridized carbons (Fsp3) is 0.263. The van der Waals surface area contributed by atoms with Gasteiger partial charge in [0, 0.05) is 17.8 Å². The Labute approximate surface area is 135 Å². The van der Waals surface area contributed by atoms with Gasteiger partial charge in [-0.3, -0.25) is 9.59 Å². The lowest BCUT2D eigenvalue weighted by Gasteiger charge is -2.24. The summed E-state index contributed by atoms with van der Waals surface area (Å²) in [5, 5.41) is 5.73. The maximum atomic E-state index is 12.6. The van der Waals surface area contributed by atoms with E-state index in [1.165, 1.54) is 5.56 Å². The number of anilines is 2. The summed E-state index contributed by atoms with van der Waals surface area (Å²) in [6.45, 7) is 4.26. The summed E-state index contributed by atoms with van der Waals surface area (Å²) in [6, 6.07) is 15.3. The highest BCUT2D eigenvalue weighted by Crippen LogP contribution is 2.32. The van der Waals surface area contributed by atoms with Gasteiger partial charge < -0.3 is 10.6 Å². The van der Waals surface area contributed by atoms with E-state index in [0.717, 1.165) is 16.9 Å². The van der Waals surface area contributed by atoms with Crippen molar-refractivity contribution in [3.63, 3.8) is 0 Å². The highest BCUT2D eigenvalue weighted by atomic mass is 16.2. The number of carbonyl (C=O) groups is 2. The van der Waals surface area contributed by atoms with Gasteiger partial charge in [-0.25, -0.2) is 0 Å². The Bertz CT molecular complexity index is 735. The van der Waals surface area contributed by atoms with Gasteiger partial charge >= 0.3 is 0 Å². The maximum Gasteiger partial charge on any atom is 0.232 e. The highest BCUT2D eigenvalue weighted by Gasteiger charge is 2.30. The third-order valence-corrected chi connectivity index (χ3v) is 4.16. The minimum atomic E-state index is -0.454. The molecule has 0 spiro atoms. The van der Waals surface area contributed by atoms with Crippen molar-refractivity contribution < 1.29 is 9.59 Å². The molecule has 2 amide bonds. The minimum absolute atomic E-state index is 0.126. The average molecular weight is 308 g/mol. The fourth-order valence-electron chi connectivity index (χ4n) is 2.83. The molecule has 2 aromatic rings. The number of para-hydroxylation sites is 1. The van der Waals surface area contributed by atoms with Crippen LogP contribution in [0.1, 0.15) is 43.2 Å². The molecule has 0 radical (unpaired) electrons. The number of benzene rings is 2. The van der Waals surface area contributed by atoms with E-state index in [9.17, 15) is 9.59 Å². The Hall–Kier alpha value is -2.62. The summed E-state index contributed by atoms with van der Waals surface area (Å²) in [7, 11) is 0. The lowest BCUT2D eigenvalue weighted by Crippen LogP contribution is -2.30. The van der Waals surface area contributed by atoms with Gasteiger partial charge in [-0.2, -0.15) is 0 Å². The van der Waals surface area contributed by atoms with Crippen molar-refractivity contribution in [3.05, 3.63) is 59.7 Å². The van der Waals surface area contributed by atoms with Crippen molar-refractivity contribution >= 4 is 23.2 Å². The average Bonchev–Trinajstić information content (AvgIpc) is 2.54. The summed E-state index contributed by atoms with van der Waals surface area (Å²) in [6.07, 6.45) is 0.174. The van der Waals surface area contributed by atoms with E-state index in [0.29, 0.717) is 5.92 Å². The predicted molar refractivity (Wildman–Crippen MR) is 91.6 cm³/mol. The van der Waals surface area contributed by atoms with Crippen LogP contribution in [0.15, 0.2) is 48.5 Å². The second-order valence-corrected chi connectivity index (χ2v) is 6.16. The maximum absolute atomic E-state index is 12.6. The Morgan fingerprint density at radius 2 is 1.83 bits per heavy atom. The van der Waals surface area contributed by atoms with Crippen molar-refractivity contribution in [2.45, 2.75) is 32.1 Å². The van der Waals surface area contributed by atoms with Gasteiger partial charge in [0.15, 0.2) is 0 Å². The SMILES string of the molecule is CC(C)c1ccc(NC(=O)[C@@H]2CC(=O)Nc3ccccc32)cc1. The molecule has 4 nitrogen and oxygen atoms in total. The smallest absolute Gasteiger partial charge is 0.232 e. The predicted octanol–water partition coefficient (Wildman–Crippen LogP) is 3.87. The number of hydrogen-bond donors (Lipinski definition) is 2. The van der Waals surface area contributed by atoms with Crippen molar-refractivity contribution in [3.8, 4) is 0 Å². The molecule has 1 aliphatic rings. The van der Waals surface area contributed by atoms with Crippen LogP contribution < -0.4 is 10.6 Å². The van der Waals surface area contributed by atoms with Crippen LogP contribution in [0.25, 0.3) is 0 Å². The van der Waals surface area contributed by atoms with E-state index in [4.69, 9.17) is 0 Å². The third-order valence-electron chi connectivity index (χ3n) is 4.16. The first-order valence-electron chi connectivity index (χ1n) is 7.84. The zero-order chi connectivity index (χ0) is 16.4. The number of fused-ring (bicyclic) bond motifs is 1. The Balaban J connectivity index is 1.79. The molecule has 2 N–H and O–H groups in total. The van der Waals surface area contributed by atoms with Crippen LogP contribution >= 0.6 is 0 Å². The Morgan fingerprint density at radius 1 is 1.13 bits per heavy atom. The molecule has 1 aliphatic heterocycles. The molecule has 1 heterocycles. The monoisotopic (exact) mass is 308 g/mol. The minimum Gasteiger partial charge on any atom is -0.326 e. The van der Waals surface area contributed by atoms with Crippen molar-refractivity contribution in [1.29, 1.82) is 0 Å². The van der Waals surface area contributed by atoms with E-state index >= 15 is 0 Å². The van der Waals surface area contributed by atoms with Crippen LogP contribution in [0.4, 0.5) is 11.4 Å². The lowest BCUT2D eigenvalue weighted by molar-refractivity contribution is -0.123. The Morgan fingerprint density at radius 3 is 2.52 bits per heavy atom. The van der Waals surface area contributed by atoms with Crippen LogP contribution in [0.3, 0.4) is 0 Å². The van der Waals surface area contributed by atoms with Gasteiger partial charge in [0.2, 0.25) is 11.8 Å². The summed E-state index contributed by atoms with van der Waals surface area (Å²) < 4.78 is 0. The molecule has 0 saturated heterocycles. The van der Waals surface area contributed by atoms with Gasteiger partial charge in [-0.05, 0) is 35.2 Å². The normalized spacial score (nSPS) is 16.7. The molecule has 4 heteroatoms. The largest absolute Gasteiger partial charge is 0.326 e. The second-order valence-electron chi connectivity index (χ2n) is 6.16. The number of carbonyl (C=O) groups excluding carboxylic acids is 2. The zero-order valence-corrected chi connectivity index (χ0v) is 13.3. The van der Waals surface area contributed by atoms with E-state index in [1.54, 1.807) is 0 Å². The van der Waals surface area contributed by atoms with Crippen LogP contribution in [-0.4, -0.2) is 11.8 Å². The second kappa shape index (κ2) is 6.24. The molecule has 1 atom stereocenters. The summed E-state index contributed by atoms with van der Waals surface area (Å²) >= 11 is 0. The fourth-order valence-corrected chi connectivity index (χ4v) is 2.83. The summed E-state index contributed by atoms with van der Waals surface area (Å²) in [4.78, 5) is 24.4. The Kier molecular flexibility index (Phi) is 4.15. The molecule has 23 heavy (non-hydrogen) atoms. The van der Waals surface area contributed by atoms with E-state index in [2.05, 4.69) is 24.5 Å². The number of amides is 2. The van der Waals surface area contributed by atoms with Gasteiger partial charge in [-0.15, -0.1) is 0 Å². The molecule has 0 aliphatic carbocycles. The molecule has 0 unspecified atom stereocenters. The molecular formula is C19H20N2O2. The van der Waals surface area contributed by atoms with Crippen molar-refractivity contribution in [1.82, 2.24) is 0 Å². The first-order valence-corrected chi connectivity index (χ1v) is 7.84. The standard InChI is InChI=1S/C19H20N2O2/c1-12(2)13-7-9-14(10-8-13)20-19(23)16-11-18(22)21-17-6-4-3-5-15(16)17/h3-10,12,16H,11H2,1-2H3,(H,20,23)(H,21,22)/t16-/m1/s1. The third kappa shape index (κ3) is 3.26. The molecule has 0 saturated carbocycles.